The van der Waals surface area contributed by atoms with E-state index in [0.29, 0.717) is 11.4 Å². The Balaban J connectivity index is 1.83. The molecule has 0 fully saturated rings. The standard InChI is InChI=1S/C24H24N2O6S/c1-4-26(33(29,30)22-13-9-8-12-21(22)23(27)31-3)19-14-16-20(17-15-19)32-24(28)25(2)18-10-6-5-7-11-18/h5-17H,4H2,1-3H3. The number of nitrogens with zero attached hydrogens (tertiary/aromatic N) is 2. The Morgan fingerprint density at radius 2 is 1.45 bits per heavy atom. The van der Waals surface area contributed by atoms with E-state index in [1.165, 1.54) is 48.4 Å². The van der Waals surface area contributed by atoms with Gasteiger partial charge in [0.2, 0.25) is 0 Å². The lowest BCUT2D eigenvalue weighted by Gasteiger charge is -2.24. The normalized spacial score (nSPS) is 10.9. The van der Waals surface area contributed by atoms with Gasteiger partial charge in [0, 0.05) is 19.3 Å². The first kappa shape index (κ1) is 23.8. The third-order valence-corrected chi connectivity index (χ3v) is 6.86. The molecule has 172 valence electrons. The fourth-order valence-electron chi connectivity index (χ4n) is 3.19. The van der Waals surface area contributed by atoms with Gasteiger partial charge in [0.05, 0.1) is 18.4 Å². The summed E-state index contributed by atoms with van der Waals surface area (Å²) >= 11 is 0. The summed E-state index contributed by atoms with van der Waals surface area (Å²) in [4.78, 5) is 25.7. The van der Waals surface area contributed by atoms with Gasteiger partial charge in [0.15, 0.2) is 0 Å². The summed E-state index contributed by atoms with van der Waals surface area (Å²) in [6, 6.07) is 21.0. The molecule has 0 bridgehead atoms. The molecule has 3 aromatic carbocycles. The minimum absolute atomic E-state index is 0.0482. The van der Waals surface area contributed by atoms with Crippen molar-refractivity contribution in [1.29, 1.82) is 0 Å². The third kappa shape index (κ3) is 5.15. The highest BCUT2D eigenvalue weighted by atomic mass is 32.2. The third-order valence-electron chi connectivity index (χ3n) is 4.89. The first-order valence-corrected chi connectivity index (χ1v) is 11.5. The maximum atomic E-state index is 13.3. The molecule has 0 aromatic heterocycles. The van der Waals surface area contributed by atoms with Gasteiger partial charge in [-0.3, -0.25) is 9.21 Å². The van der Waals surface area contributed by atoms with Crippen molar-refractivity contribution in [3.05, 3.63) is 84.4 Å². The Morgan fingerprint density at radius 1 is 0.848 bits per heavy atom. The topological polar surface area (TPSA) is 93.2 Å². The molecular weight excluding hydrogens is 444 g/mol. The molecule has 1 amide bonds. The summed E-state index contributed by atoms with van der Waals surface area (Å²) in [5.41, 5.74) is 0.980. The quantitative estimate of drug-likeness (QED) is 0.480. The van der Waals surface area contributed by atoms with E-state index in [4.69, 9.17) is 9.47 Å². The van der Waals surface area contributed by atoms with Crippen LogP contribution < -0.4 is 13.9 Å². The number of ether oxygens (including phenoxy) is 2. The van der Waals surface area contributed by atoms with Crippen molar-refractivity contribution >= 4 is 33.5 Å². The van der Waals surface area contributed by atoms with E-state index >= 15 is 0 Å². The SMILES string of the molecule is CCN(c1ccc(OC(=O)N(C)c2ccccc2)cc1)S(=O)(=O)c1ccccc1C(=O)OC. The van der Waals surface area contributed by atoms with Crippen LogP contribution in [0, 0.1) is 0 Å². The van der Waals surface area contributed by atoms with Crippen LogP contribution in [0.3, 0.4) is 0 Å². The number of carbonyl (C=O) groups excluding carboxylic acids is 2. The molecule has 0 heterocycles. The van der Waals surface area contributed by atoms with Crippen LogP contribution in [0.1, 0.15) is 17.3 Å². The minimum atomic E-state index is -4.06. The van der Waals surface area contributed by atoms with Gasteiger partial charge >= 0.3 is 12.1 Å². The van der Waals surface area contributed by atoms with Crippen LogP contribution in [0.15, 0.2) is 83.8 Å². The van der Waals surface area contributed by atoms with Gasteiger partial charge in [-0.05, 0) is 55.5 Å². The predicted molar refractivity (Wildman–Crippen MR) is 125 cm³/mol. The molecule has 0 spiro atoms. The van der Waals surface area contributed by atoms with Gasteiger partial charge in [-0.25, -0.2) is 18.0 Å². The predicted octanol–water partition coefficient (Wildman–Crippen LogP) is 4.32. The number of methoxy groups -OCH3 is 1. The van der Waals surface area contributed by atoms with Gasteiger partial charge in [0.25, 0.3) is 10.0 Å². The van der Waals surface area contributed by atoms with Crippen LogP contribution in [0.25, 0.3) is 0 Å². The Hall–Kier alpha value is -3.85. The molecule has 9 heteroatoms. The van der Waals surface area contributed by atoms with Crippen molar-refractivity contribution in [2.45, 2.75) is 11.8 Å². The van der Waals surface area contributed by atoms with Crippen molar-refractivity contribution in [2.24, 2.45) is 0 Å². The van der Waals surface area contributed by atoms with Crippen LogP contribution in [-0.2, 0) is 14.8 Å². The van der Waals surface area contributed by atoms with Crippen LogP contribution in [0.2, 0.25) is 0 Å². The highest BCUT2D eigenvalue weighted by Gasteiger charge is 2.28. The summed E-state index contributed by atoms with van der Waals surface area (Å²) in [6.07, 6.45) is -0.582. The Bertz CT molecular complexity index is 1230. The highest BCUT2D eigenvalue weighted by Crippen LogP contribution is 2.28. The highest BCUT2D eigenvalue weighted by molar-refractivity contribution is 7.93. The molecule has 3 rings (SSSR count). The van der Waals surface area contributed by atoms with E-state index in [1.807, 2.05) is 18.2 Å². The number of para-hydroxylation sites is 1. The summed E-state index contributed by atoms with van der Waals surface area (Å²) < 4.78 is 38.0. The van der Waals surface area contributed by atoms with Gasteiger partial charge < -0.3 is 9.47 Å². The summed E-state index contributed by atoms with van der Waals surface area (Å²) in [7, 11) is -1.27. The zero-order valence-corrected chi connectivity index (χ0v) is 19.3. The molecule has 0 saturated carbocycles. The van der Waals surface area contributed by atoms with E-state index < -0.39 is 22.1 Å². The number of sulfonamides is 1. The number of anilines is 2. The maximum absolute atomic E-state index is 13.3. The van der Waals surface area contributed by atoms with Crippen LogP contribution in [0.5, 0.6) is 5.75 Å². The first-order valence-electron chi connectivity index (χ1n) is 10.1. The minimum Gasteiger partial charge on any atom is -0.465 e. The fraction of sp³-hybridized carbons (Fsp3) is 0.167. The number of hydrogen-bond donors (Lipinski definition) is 0. The zero-order chi connectivity index (χ0) is 24.0. The molecule has 0 aliphatic rings. The second-order valence-corrected chi connectivity index (χ2v) is 8.74. The van der Waals surface area contributed by atoms with E-state index in [0.717, 1.165) is 4.31 Å². The second kappa shape index (κ2) is 10.2. The van der Waals surface area contributed by atoms with E-state index in [9.17, 15) is 18.0 Å². The van der Waals surface area contributed by atoms with Crippen molar-refractivity contribution in [3.8, 4) is 5.75 Å². The molecule has 0 atom stereocenters. The first-order chi connectivity index (χ1) is 15.8. The van der Waals surface area contributed by atoms with Crippen molar-refractivity contribution < 1.29 is 27.5 Å². The lowest BCUT2D eigenvalue weighted by atomic mass is 10.2. The van der Waals surface area contributed by atoms with Crippen molar-refractivity contribution in [1.82, 2.24) is 0 Å². The lowest BCUT2D eigenvalue weighted by molar-refractivity contribution is 0.0596. The van der Waals surface area contributed by atoms with Gasteiger partial charge in [-0.1, -0.05) is 30.3 Å². The van der Waals surface area contributed by atoms with E-state index in [1.54, 1.807) is 38.2 Å². The van der Waals surface area contributed by atoms with Crippen LogP contribution in [0.4, 0.5) is 16.2 Å². The maximum Gasteiger partial charge on any atom is 0.419 e. The second-order valence-electron chi connectivity index (χ2n) is 6.91. The van der Waals surface area contributed by atoms with Crippen molar-refractivity contribution in [3.63, 3.8) is 0 Å². The largest absolute Gasteiger partial charge is 0.465 e. The molecular formula is C24H24N2O6S. The number of carbonyl (C=O) groups is 2. The van der Waals surface area contributed by atoms with E-state index in [2.05, 4.69) is 0 Å². The fourth-order valence-corrected chi connectivity index (χ4v) is 4.84. The number of rotatable bonds is 7. The zero-order valence-electron chi connectivity index (χ0n) is 18.5. The average Bonchev–Trinajstić information content (AvgIpc) is 2.85. The average molecular weight is 469 g/mol. The molecule has 33 heavy (non-hydrogen) atoms. The number of esters is 1. The molecule has 0 aliphatic carbocycles. The number of benzene rings is 3. The smallest absolute Gasteiger partial charge is 0.419 e. The summed E-state index contributed by atoms with van der Waals surface area (Å²) in [5.74, 6) is -0.482. The monoisotopic (exact) mass is 468 g/mol. The Labute approximate surface area is 193 Å². The molecule has 0 radical (unpaired) electrons. The van der Waals surface area contributed by atoms with Crippen LogP contribution in [-0.4, -0.2) is 41.2 Å². The van der Waals surface area contributed by atoms with E-state index in [-0.39, 0.29) is 22.8 Å². The van der Waals surface area contributed by atoms with Gasteiger partial charge in [-0.2, -0.15) is 0 Å². The summed E-state index contributed by atoms with van der Waals surface area (Å²) in [5, 5.41) is 0. The number of hydrogen-bond acceptors (Lipinski definition) is 6. The van der Waals surface area contributed by atoms with Crippen LogP contribution >= 0.6 is 0 Å². The van der Waals surface area contributed by atoms with Gasteiger partial charge in [0.1, 0.15) is 10.6 Å². The molecule has 8 nitrogen and oxygen atoms in total. The Morgan fingerprint density at radius 3 is 2.06 bits per heavy atom. The van der Waals surface area contributed by atoms with Crippen molar-refractivity contribution in [2.75, 3.05) is 29.9 Å². The lowest BCUT2D eigenvalue weighted by Crippen LogP contribution is -2.32. The number of amides is 1. The molecule has 0 saturated heterocycles. The summed E-state index contributed by atoms with van der Waals surface area (Å²) in [6.45, 7) is 1.80. The van der Waals surface area contributed by atoms with Gasteiger partial charge in [-0.15, -0.1) is 0 Å². The molecule has 3 aromatic rings. The molecule has 0 aliphatic heterocycles. The molecule has 0 N–H and O–H groups in total. The molecule has 0 unspecified atom stereocenters. The Kier molecular flexibility index (Phi) is 7.34.